The van der Waals surface area contributed by atoms with Crippen LogP contribution in [0.1, 0.15) is 35.8 Å². The van der Waals surface area contributed by atoms with Gasteiger partial charge in [0.1, 0.15) is 5.69 Å². The Morgan fingerprint density at radius 3 is 2.93 bits per heavy atom. The zero-order valence-electron chi connectivity index (χ0n) is 15.7. The predicted octanol–water partition coefficient (Wildman–Crippen LogP) is 1.89. The number of hydrogen-bond acceptors (Lipinski definition) is 5. The van der Waals surface area contributed by atoms with Gasteiger partial charge in [0.15, 0.2) is 5.82 Å². The minimum absolute atomic E-state index is 0.0951. The molecule has 1 N–H and O–H groups in total. The molecular weight excluding hydrogens is 356 g/mol. The lowest BCUT2D eigenvalue weighted by molar-refractivity contribution is 0.0660. The van der Waals surface area contributed by atoms with Crippen LogP contribution >= 0.6 is 0 Å². The zero-order valence-corrected chi connectivity index (χ0v) is 15.7. The first-order valence-electron chi connectivity index (χ1n) is 9.88. The number of carbonyl (C=O) groups is 1. The zero-order chi connectivity index (χ0) is 18.9. The highest BCUT2D eigenvalue weighted by Crippen LogP contribution is 2.24. The number of nitrogens with one attached hydrogen (secondary N) is 1. The van der Waals surface area contributed by atoms with E-state index in [0.29, 0.717) is 11.7 Å². The van der Waals surface area contributed by atoms with Crippen molar-refractivity contribution in [3.63, 3.8) is 0 Å². The summed E-state index contributed by atoms with van der Waals surface area (Å²) >= 11 is 0. The fraction of sp³-hybridized carbons (Fsp3) is 0.450. The molecule has 8 nitrogen and oxygen atoms in total. The van der Waals surface area contributed by atoms with Crippen molar-refractivity contribution < 1.29 is 9.53 Å². The molecule has 0 aliphatic carbocycles. The van der Waals surface area contributed by atoms with E-state index in [0.717, 1.165) is 56.9 Å². The quantitative estimate of drug-likeness (QED) is 0.748. The highest BCUT2D eigenvalue weighted by atomic mass is 16.5. The van der Waals surface area contributed by atoms with Gasteiger partial charge in [-0.15, -0.1) is 0 Å². The molecule has 146 valence electrons. The van der Waals surface area contributed by atoms with E-state index >= 15 is 0 Å². The van der Waals surface area contributed by atoms with E-state index in [1.165, 1.54) is 0 Å². The standard InChI is InChI=1S/C20H24N6O2/c27-20(17-4-10-26(23-17)16-5-12-28-13-6-16)22-15-3-9-25(14-15)19-18-2-1-8-24(18)11-7-21-19/h1-2,4,7-8,10-11,15-16H,3,5-6,9,12-14H2,(H,22,27)/t15-/m0/s1. The van der Waals surface area contributed by atoms with Gasteiger partial charge in [-0.25, -0.2) is 4.98 Å². The van der Waals surface area contributed by atoms with Crippen LogP contribution in [0.3, 0.4) is 0 Å². The fourth-order valence-electron chi connectivity index (χ4n) is 4.14. The number of rotatable bonds is 4. The van der Waals surface area contributed by atoms with Gasteiger partial charge in [0.2, 0.25) is 0 Å². The summed E-state index contributed by atoms with van der Waals surface area (Å²) in [6.07, 6.45) is 10.5. The molecule has 28 heavy (non-hydrogen) atoms. The molecule has 3 aromatic heterocycles. The van der Waals surface area contributed by atoms with Crippen LogP contribution in [0.2, 0.25) is 0 Å². The second-order valence-corrected chi connectivity index (χ2v) is 7.48. The first kappa shape index (κ1) is 17.2. The van der Waals surface area contributed by atoms with E-state index in [9.17, 15) is 4.79 Å². The maximum atomic E-state index is 12.7. The average Bonchev–Trinajstić information content (AvgIpc) is 3.48. The van der Waals surface area contributed by atoms with Crippen molar-refractivity contribution in [1.29, 1.82) is 0 Å². The van der Waals surface area contributed by atoms with Gasteiger partial charge >= 0.3 is 0 Å². The van der Waals surface area contributed by atoms with Crippen LogP contribution in [0.15, 0.2) is 43.0 Å². The van der Waals surface area contributed by atoms with Crippen molar-refractivity contribution >= 4 is 17.2 Å². The van der Waals surface area contributed by atoms with E-state index in [1.807, 2.05) is 35.5 Å². The summed E-state index contributed by atoms with van der Waals surface area (Å²) in [5.41, 5.74) is 1.57. The Labute approximate surface area is 163 Å². The Balaban J connectivity index is 1.23. The third-order valence-electron chi connectivity index (χ3n) is 5.66. The highest BCUT2D eigenvalue weighted by molar-refractivity contribution is 5.92. The molecule has 2 aliphatic rings. The van der Waals surface area contributed by atoms with Crippen molar-refractivity contribution in [2.75, 3.05) is 31.2 Å². The van der Waals surface area contributed by atoms with E-state index in [2.05, 4.69) is 30.8 Å². The number of aromatic nitrogens is 4. The molecule has 1 atom stereocenters. The molecule has 5 heterocycles. The van der Waals surface area contributed by atoms with Crippen molar-refractivity contribution in [2.24, 2.45) is 0 Å². The molecule has 2 fully saturated rings. The molecule has 0 saturated carbocycles. The fourth-order valence-corrected chi connectivity index (χ4v) is 4.14. The summed E-state index contributed by atoms with van der Waals surface area (Å²) in [6.45, 7) is 3.14. The van der Waals surface area contributed by atoms with Crippen molar-refractivity contribution in [3.05, 3.63) is 48.7 Å². The molecule has 1 amide bonds. The van der Waals surface area contributed by atoms with Gasteiger partial charge in [-0.05, 0) is 37.5 Å². The van der Waals surface area contributed by atoms with E-state index in [1.54, 1.807) is 6.07 Å². The molecule has 0 radical (unpaired) electrons. The first-order chi connectivity index (χ1) is 13.8. The molecule has 8 heteroatoms. The molecule has 0 aromatic carbocycles. The van der Waals surface area contributed by atoms with Crippen LogP contribution in [0, 0.1) is 0 Å². The Bertz CT molecular complexity index is 974. The molecule has 3 aromatic rings. The van der Waals surface area contributed by atoms with E-state index in [-0.39, 0.29) is 11.9 Å². The summed E-state index contributed by atoms with van der Waals surface area (Å²) in [5, 5.41) is 7.64. The maximum Gasteiger partial charge on any atom is 0.272 e. The van der Waals surface area contributed by atoms with Crippen LogP contribution < -0.4 is 10.2 Å². The lowest BCUT2D eigenvalue weighted by Gasteiger charge is -2.22. The lowest BCUT2D eigenvalue weighted by atomic mass is 10.1. The Kier molecular flexibility index (Phi) is 4.48. The van der Waals surface area contributed by atoms with Gasteiger partial charge < -0.3 is 19.4 Å². The van der Waals surface area contributed by atoms with Crippen LogP contribution in [0.5, 0.6) is 0 Å². The number of anilines is 1. The SMILES string of the molecule is O=C(N[C@H]1CCN(c2nccn3cccc23)C1)c1ccn(C2CCOCC2)n1. The number of nitrogens with zero attached hydrogens (tertiary/aromatic N) is 5. The summed E-state index contributed by atoms with van der Waals surface area (Å²) < 4.78 is 9.38. The maximum absolute atomic E-state index is 12.7. The summed E-state index contributed by atoms with van der Waals surface area (Å²) in [6, 6.07) is 6.31. The second kappa shape index (κ2) is 7.27. The summed E-state index contributed by atoms with van der Waals surface area (Å²) in [5.74, 6) is 0.861. The summed E-state index contributed by atoms with van der Waals surface area (Å²) in [7, 11) is 0. The van der Waals surface area contributed by atoms with Crippen molar-refractivity contribution in [1.82, 2.24) is 24.5 Å². The normalized spacial score (nSPS) is 20.7. The highest BCUT2D eigenvalue weighted by Gasteiger charge is 2.27. The topological polar surface area (TPSA) is 76.7 Å². The van der Waals surface area contributed by atoms with Crippen LogP contribution in [0.25, 0.3) is 5.52 Å². The molecule has 2 aliphatic heterocycles. The molecule has 0 unspecified atom stereocenters. The molecule has 2 saturated heterocycles. The monoisotopic (exact) mass is 380 g/mol. The van der Waals surface area contributed by atoms with Gasteiger partial charge in [-0.1, -0.05) is 0 Å². The van der Waals surface area contributed by atoms with E-state index < -0.39 is 0 Å². The summed E-state index contributed by atoms with van der Waals surface area (Å²) in [4.78, 5) is 19.5. The number of amides is 1. The van der Waals surface area contributed by atoms with Crippen molar-refractivity contribution in [3.8, 4) is 0 Å². The van der Waals surface area contributed by atoms with Gasteiger partial charge in [-0.2, -0.15) is 5.10 Å². The van der Waals surface area contributed by atoms with Crippen LogP contribution in [-0.2, 0) is 4.74 Å². The van der Waals surface area contributed by atoms with Crippen LogP contribution in [0.4, 0.5) is 5.82 Å². The largest absolute Gasteiger partial charge is 0.381 e. The minimum atomic E-state index is -0.105. The number of hydrogen-bond donors (Lipinski definition) is 1. The lowest BCUT2D eigenvalue weighted by Crippen LogP contribution is -2.37. The van der Waals surface area contributed by atoms with E-state index in [4.69, 9.17) is 4.74 Å². The smallest absolute Gasteiger partial charge is 0.272 e. The average molecular weight is 380 g/mol. The molecule has 5 rings (SSSR count). The second-order valence-electron chi connectivity index (χ2n) is 7.48. The third-order valence-corrected chi connectivity index (χ3v) is 5.66. The Morgan fingerprint density at radius 2 is 2.04 bits per heavy atom. The minimum Gasteiger partial charge on any atom is -0.381 e. The number of fused-ring (bicyclic) bond motifs is 1. The van der Waals surface area contributed by atoms with Gasteiger partial charge in [0.05, 0.1) is 11.6 Å². The number of ether oxygens (including phenoxy) is 1. The molecular formula is C20H24N6O2. The Morgan fingerprint density at radius 1 is 1.14 bits per heavy atom. The van der Waals surface area contributed by atoms with Gasteiger partial charge in [0.25, 0.3) is 5.91 Å². The molecule has 0 bridgehead atoms. The third kappa shape index (κ3) is 3.24. The Hall–Kier alpha value is -2.87. The van der Waals surface area contributed by atoms with Crippen LogP contribution in [-0.4, -0.2) is 57.4 Å². The first-order valence-corrected chi connectivity index (χ1v) is 9.88. The van der Waals surface area contributed by atoms with Gasteiger partial charge in [0, 0.05) is 57.1 Å². The molecule has 0 spiro atoms. The predicted molar refractivity (Wildman–Crippen MR) is 105 cm³/mol. The number of carbonyl (C=O) groups excluding carboxylic acids is 1. The van der Waals surface area contributed by atoms with Crippen molar-refractivity contribution in [2.45, 2.75) is 31.3 Å². The van der Waals surface area contributed by atoms with Gasteiger partial charge in [-0.3, -0.25) is 9.48 Å².